The third-order valence-corrected chi connectivity index (χ3v) is 3.19. The first-order chi connectivity index (χ1) is 11.1. The van der Waals surface area contributed by atoms with Crippen LogP contribution in [0.15, 0.2) is 42.9 Å². The van der Waals surface area contributed by atoms with Crippen molar-refractivity contribution in [2.24, 2.45) is 0 Å². The van der Waals surface area contributed by atoms with Crippen LogP contribution in [0, 0.1) is 0 Å². The first kappa shape index (κ1) is 16.6. The van der Waals surface area contributed by atoms with E-state index in [1.807, 2.05) is 0 Å². The van der Waals surface area contributed by atoms with Crippen molar-refractivity contribution in [1.82, 2.24) is 14.4 Å². The van der Waals surface area contributed by atoms with Crippen molar-refractivity contribution in [2.75, 3.05) is 0 Å². The summed E-state index contributed by atoms with van der Waals surface area (Å²) < 4.78 is 69.4. The summed E-state index contributed by atoms with van der Waals surface area (Å²) in [4.78, 5) is 7.25. The zero-order valence-corrected chi connectivity index (χ0v) is 12.9. The molecule has 0 radical (unpaired) electrons. The van der Waals surface area contributed by atoms with Crippen molar-refractivity contribution >= 4 is 14.9 Å². The van der Waals surface area contributed by atoms with Crippen LogP contribution in [0.3, 0.4) is 0 Å². The van der Waals surface area contributed by atoms with Crippen LogP contribution >= 0.6 is 9.24 Å². The fraction of sp³-hybridized carbons (Fsp3) is 0.143. The standard InChI is InChI=1S/C14H9F5N3OP/c15-13(16,17)12-21-6-11-20-5-9(7-22(11)12)8-1-3-10(4-2-8)23-14(18,19)24/h1-7H,24H2. The van der Waals surface area contributed by atoms with Gasteiger partial charge >= 0.3 is 12.0 Å². The highest BCUT2D eigenvalue weighted by atomic mass is 31.0. The fourth-order valence-corrected chi connectivity index (χ4v) is 2.25. The Morgan fingerprint density at radius 3 is 2.17 bits per heavy atom. The van der Waals surface area contributed by atoms with Crippen molar-refractivity contribution < 1.29 is 26.7 Å². The smallest absolute Gasteiger partial charge is 0.430 e. The van der Waals surface area contributed by atoms with E-state index >= 15 is 0 Å². The molecule has 0 spiro atoms. The molecule has 1 aromatic carbocycles. The number of fused-ring (bicyclic) bond motifs is 1. The molecule has 0 amide bonds. The van der Waals surface area contributed by atoms with Gasteiger partial charge in [0.15, 0.2) is 5.65 Å². The molecule has 4 nitrogen and oxygen atoms in total. The van der Waals surface area contributed by atoms with Gasteiger partial charge in [-0.3, -0.25) is 4.40 Å². The molecule has 0 aliphatic rings. The third-order valence-electron chi connectivity index (χ3n) is 3.08. The maximum Gasteiger partial charge on any atom is 0.450 e. The van der Waals surface area contributed by atoms with Crippen LogP contribution in [-0.4, -0.2) is 20.2 Å². The van der Waals surface area contributed by atoms with Crippen LogP contribution in [-0.2, 0) is 6.18 Å². The van der Waals surface area contributed by atoms with E-state index in [2.05, 4.69) is 14.7 Å². The van der Waals surface area contributed by atoms with E-state index in [1.54, 1.807) is 0 Å². The van der Waals surface area contributed by atoms with Gasteiger partial charge < -0.3 is 4.74 Å². The van der Waals surface area contributed by atoms with Gasteiger partial charge in [0.25, 0.3) is 0 Å². The maximum atomic E-state index is 12.9. The Bertz CT molecular complexity index is 871. The number of hydrogen-bond donors (Lipinski definition) is 0. The van der Waals surface area contributed by atoms with Crippen molar-refractivity contribution in [3.63, 3.8) is 0 Å². The summed E-state index contributed by atoms with van der Waals surface area (Å²) in [5.41, 5.74) is 0.912. The second-order valence-electron chi connectivity index (χ2n) is 4.84. The number of aromatic nitrogens is 3. The summed E-state index contributed by atoms with van der Waals surface area (Å²) >= 11 is 0. The predicted molar refractivity (Wildman–Crippen MR) is 78.7 cm³/mol. The number of ether oxygens (including phenoxy) is 1. The minimum Gasteiger partial charge on any atom is -0.430 e. The molecule has 2 aromatic heterocycles. The van der Waals surface area contributed by atoms with E-state index in [9.17, 15) is 22.0 Å². The number of alkyl halides is 5. The summed E-state index contributed by atoms with van der Waals surface area (Å²) in [6, 6.07) is 5.46. The maximum absolute atomic E-state index is 12.9. The molecule has 3 rings (SSSR count). The molecule has 10 heteroatoms. The van der Waals surface area contributed by atoms with Gasteiger partial charge in [-0.05, 0) is 26.9 Å². The molecule has 0 aliphatic carbocycles. The first-order valence-electron chi connectivity index (χ1n) is 6.50. The number of imidazole rings is 1. The largest absolute Gasteiger partial charge is 0.450 e. The van der Waals surface area contributed by atoms with Gasteiger partial charge in [-0.2, -0.15) is 22.0 Å². The molecule has 0 aliphatic heterocycles. The highest BCUT2D eigenvalue weighted by Crippen LogP contribution is 2.31. The van der Waals surface area contributed by atoms with E-state index in [0.29, 0.717) is 11.1 Å². The molecule has 1 atom stereocenters. The van der Waals surface area contributed by atoms with Gasteiger partial charge in [0, 0.05) is 18.0 Å². The summed E-state index contributed by atoms with van der Waals surface area (Å²) in [7, 11) is 1.25. The van der Waals surface area contributed by atoms with E-state index in [0.717, 1.165) is 10.6 Å². The highest BCUT2D eigenvalue weighted by Gasteiger charge is 2.36. The SMILES string of the molecule is FC(F)(P)Oc1ccc(-c2cnc3cnc(C(F)(F)F)n3c2)cc1. The number of halogens is 5. The van der Waals surface area contributed by atoms with Crippen LogP contribution < -0.4 is 4.74 Å². The van der Waals surface area contributed by atoms with E-state index in [4.69, 9.17) is 0 Å². The van der Waals surface area contributed by atoms with Crippen molar-refractivity contribution in [2.45, 2.75) is 12.0 Å². The Hall–Kier alpha value is -2.28. The number of hydrogen-bond acceptors (Lipinski definition) is 3. The molecule has 0 saturated heterocycles. The molecule has 24 heavy (non-hydrogen) atoms. The molecule has 0 bridgehead atoms. The Morgan fingerprint density at radius 1 is 0.917 bits per heavy atom. The first-order valence-corrected chi connectivity index (χ1v) is 7.08. The van der Waals surface area contributed by atoms with Crippen LogP contribution in [0.2, 0.25) is 0 Å². The Balaban J connectivity index is 1.97. The topological polar surface area (TPSA) is 39.4 Å². The molecule has 0 fully saturated rings. The van der Waals surface area contributed by atoms with E-state index < -0.39 is 17.9 Å². The van der Waals surface area contributed by atoms with Gasteiger partial charge in [0.05, 0.1) is 6.20 Å². The molecule has 0 saturated carbocycles. The minimum absolute atomic E-state index is 0.0497. The van der Waals surface area contributed by atoms with Gasteiger partial charge in [-0.15, -0.1) is 0 Å². The lowest BCUT2D eigenvalue weighted by molar-refractivity contribution is -0.145. The molecular formula is C14H9F5N3OP. The second-order valence-corrected chi connectivity index (χ2v) is 5.51. The Labute approximate surface area is 134 Å². The van der Waals surface area contributed by atoms with Crippen LogP contribution in [0.25, 0.3) is 16.8 Å². The van der Waals surface area contributed by atoms with Crippen LogP contribution in [0.4, 0.5) is 22.0 Å². The quantitative estimate of drug-likeness (QED) is 0.518. The predicted octanol–water partition coefficient (Wildman–Crippen LogP) is 4.22. The lowest BCUT2D eigenvalue weighted by Crippen LogP contribution is -2.14. The molecule has 0 N–H and O–H groups in total. The second kappa shape index (κ2) is 5.66. The van der Waals surface area contributed by atoms with Crippen molar-refractivity contribution in [3.05, 3.63) is 48.7 Å². The average Bonchev–Trinajstić information content (AvgIpc) is 2.89. The lowest BCUT2D eigenvalue weighted by Gasteiger charge is -2.13. The number of nitrogens with zero attached hydrogens (tertiary/aromatic N) is 3. The van der Waals surface area contributed by atoms with Crippen molar-refractivity contribution in [3.8, 4) is 16.9 Å². The highest BCUT2D eigenvalue weighted by molar-refractivity contribution is 7.17. The number of benzene rings is 1. The zero-order chi connectivity index (χ0) is 17.5. The summed E-state index contributed by atoms with van der Waals surface area (Å²) in [5, 5.41) is 0. The van der Waals surface area contributed by atoms with Gasteiger partial charge in [-0.1, -0.05) is 12.1 Å². The fourth-order valence-electron chi connectivity index (χ4n) is 2.11. The minimum atomic E-state index is -4.62. The molecule has 1 unspecified atom stereocenters. The molecule has 2 heterocycles. The Kier molecular flexibility index (Phi) is 3.91. The van der Waals surface area contributed by atoms with Crippen molar-refractivity contribution in [1.29, 1.82) is 0 Å². The molecular weight excluding hydrogens is 352 g/mol. The Morgan fingerprint density at radius 2 is 1.58 bits per heavy atom. The number of rotatable bonds is 3. The van der Waals surface area contributed by atoms with Crippen LogP contribution in [0.5, 0.6) is 5.75 Å². The summed E-state index contributed by atoms with van der Waals surface area (Å²) in [5.74, 6) is -4.57. The van der Waals surface area contributed by atoms with Gasteiger partial charge in [-0.25, -0.2) is 9.97 Å². The normalized spacial score (nSPS) is 12.6. The van der Waals surface area contributed by atoms with Crippen LogP contribution in [0.1, 0.15) is 5.82 Å². The average molecular weight is 361 g/mol. The van der Waals surface area contributed by atoms with Gasteiger partial charge in [0.1, 0.15) is 5.75 Å². The summed E-state index contributed by atoms with van der Waals surface area (Å²) in [6.07, 6.45) is -0.991. The zero-order valence-electron chi connectivity index (χ0n) is 11.8. The van der Waals surface area contributed by atoms with E-state index in [-0.39, 0.29) is 11.4 Å². The lowest BCUT2D eigenvalue weighted by atomic mass is 10.1. The van der Waals surface area contributed by atoms with E-state index in [1.165, 1.54) is 45.9 Å². The molecule has 126 valence electrons. The summed E-state index contributed by atoms with van der Waals surface area (Å²) in [6.45, 7) is 0. The van der Waals surface area contributed by atoms with Gasteiger partial charge in [0.2, 0.25) is 5.82 Å². The monoisotopic (exact) mass is 361 g/mol. The molecule has 3 aromatic rings. The third kappa shape index (κ3) is 3.46.